The zero-order chi connectivity index (χ0) is 11.5. The van der Waals surface area contributed by atoms with Gasteiger partial charge in [0.25, 0.3) is 0 Å². The van der Waals surface area contributed by atoms with Gasteiger partial charge in [-0.25, -0.2) is 0 Å². The van der Waals surface area contributed by atoms with Crippen molar-refractivity contribution < 1.29 is 0 Å². The summed E-state index contributed by atoms with van der Waals surface area (Å²) in [5.41, 5.74) is 1.99. The van der Waals surface area contributed by atoms with Gasteiger partial charge in [-0.2, -0.15) is 0 Å². The molecule has 3 aromatic rings. The lowest BCUT2D eigenvalue weighted by molar-refractivity contribution is 1.06. The van der Waals surface area contributed by atoms with Crippen LogP contribution in [0.5, 0.6) is 0 Å². The van der Waals surface area contributed by atoms with Gasteiger partial charge in [-0.1, -0.05) is 18.2 Å². The van der Waals surface area contributed by atoms with Crippen LogP contribution in [0.25, 0.3) is 17.1 Å². The van der Waals surface area contributed by atoms with E-state index in [1.807, 2.05) is 47.0 Å². The van der Waals surface area contributed by atoms with Crippen LogP contribution in [0.3, 0.4) is 0 Å². The van der Waals surface area contributed by atoms with Crippen LogP contribution < -0.4 is 0 Å². The van der Waals surface area contributed by atoms with Crippen LogP contribution in [0.4, 0.5) is 0 Å². The second-order valence-corrected chi connectivity index (χ2v) is 3.60. The first-order valence-corrected chi connectivity index (χ1v) is 5.31. The minimum absolute atomic E-state index is 0.796. The molecule has 0 unspecified atom stereocenters. The highest BCUT2D eigenvalue weighted by Gasteiger charge is 2.07. The molecule has 3 rings (SSSR count). The minimum atomic E-state index is 0.796. The average molecular weight is 222 g/mol. The van der Waals surface area contributed by atoms with E-state index in [-0.39, 0.29) is 0 Å². The zero-order valence-electron chi connectivity index (χ0n) is 9.06. The Morgan fingerprint density at radius 1 is 0.941 bits per heavy atom. The fraction of sp³-hybridized carbons (Fsp3) is 0. The van der Waals surface area contributed by atoms with Gasteiger partial charge in [-0.3, -0.25) is 9.55 Å². The molecule has 0 atom stereocenters. The summed E-state index contributed by atoms with van der Waals surface area (Å²) in [5, 5.41) is 8.10. The van der Waals surface area contributed by atoms with Crippen LogP contribution in [0, 0.1) is 0 Å². The molecule has 4 heteroatoms. The summed E-state index contributed by atoms with van der Waals surface area (Å²) < 4.78 is 1.94. The van der Waals surface area contributed by atoms with Crippen molar-refractivity contribution in [1.29, 1.82) is 0 Å². The highest BCUT2D eigenvalue weighted by Crippen LogP contribution is 2.18. The van der Waals surface area contributed by atoms with E-state index < -0.39 is 0 Å². The summed E-state index contributed by atoms with van der Waals surface area (Å²) in [7, 11) is 0. The van der Waals surface area contributed by atoms with E-state index in [2.05, 4.69) is 15.2 Å². The Hall–Kier alpha value is -2.49. The summed E-state index contributed by atoms with van der Waals surface area (Å²) in [4.78, 5) is 4.09. The Kier molecular flexibility index (Phi) is 2.38. The number of rotatable bonds is 2. The molecule has 0 bridgehead atoms. The van der Waals surface area contributed by atoms with Crippen molar-refractivity contribution in [3.63, 3.8) is 0 Å². The molecule has 0 aliphatic heterocycles. The van der Waals surface area contributed by atoms with E-state index in [4.69, 9.17) is 0 Å². The quantitative estimate of drug-likeness (QED) is 0.668. The Morgan fingerprint density at radius 3 is 2.59 bits per heavy atom. The first kappa shape index (κ1) is 9.72. The Morgan fingerprint density at radius 2 is 1.82 bits per heavy atom. The van der Waals surface area contributed by atoms with E-state index in [1.54, 1.807) is 18.7 Å². The number of pyridine rings is 1. The normalized spacial score (nSPS) is 10.4. The van der Waals surface area contributed by atoms with Crippen LogP contribution in [0.15, 0.2) is 61.2 Å². The van der Waals surface area contributed by atoms with E-state index >= 15 is 0 Å². The number of hydrogen-bond acceptors (Lipinski definition) is 3. The van der Waals surface area contributed by atoms with Crippen molar-refractivity contribution >= 4 is 0 Å². The molecule has 82 valence electrons. The van der Waals surface area contributed by atoms with E-state index in [1.165, 1.54) is 0 Å². The standard InChI is InChI=1S/C13H10N4/c1-2-6-12(7-3-1)17-10-15-16-13(17)11-5-4-8-14-9-11/h1-10H. The van der Waals surface area contributed by atoms with Crippen molar-refractivity contribution in [2.45, 2.75) is 0 Å². The second-order valence-electron chi connectivity index (χ2n) is 3.60. The number of benzene rings is 1. The highest BCUT2D eigenvalue weighted by molar-refractivity contribution is 5.56. The number of para-hydroxylation sites is 1. The van der Waals surface area contributed by atoms with Gasteiger partial charge in [0.15, 0.2) is 5.82 Å². The largest absolute Gasteiger partial charge is 0.282 e. The molecule has 2 aromatic heterocycles. The van der Waals surface area contributed by atoms with Crippen LogP contribution in [0.2, 0.25) is 0 Å². The number of hydrogen-bond donors (Lipinski definition) is 0. The third-order valence-corrected chi connectivity index (χ3v) is 2.50. The molecule has 0 aliphatic rings. The molecule has 0 radical (unpaired) electrons. The molecule has 0 N–H and O–H groups in total. The van der Waals surface area contributed by atoms with Gasteiger partial charge >= 0.3 is 0 Å². The van der Waals surface area contributed by atoms with E-state index in [0.29, 0.717) is 0 Å². The third-order valence-electron chi connectivity index (χ3n) is 2.50. The Balaban J connectivity index is 2.13. The van der Waals surface area contributed by atoms with Gasteiger partial charge in [-0.15, -0.1) is 10.2 Å². The van der Waals surface area contributed by atoms with Gasteiger partial charge in [-0.05, 0) is 24.3 Å². The number of aromatic nitrogens is 4. The van der Waals surface area contributed by atoms with Gasteiger partial charge in [0.2, 0.25) is 0 Å². The van der Waals surface area contributed by atoms with Gasteiger partial charge in [0, 0.05) is 23.6 Å². The molecule has 4 nitrogen and oxygen atoms in total. The summed E-state index contributed by atoms with van der Waals surface area (Å²) in [6, 6.07) is 13.9. The Labute approximate surface area is 98.6 Å². The monoisotopic (exact) mass is 222 g/mol. The molecule has 0 spiro atoms. The maximum atomic E-state index is 4.14. The lowest BCUT2D eigenvalue weighted by Crippen LogP contribution is -1.95. The van der Waals surface area contributed by atoms with Crippen LogP contribution in [0.1, 0.15) is 0 Å². The molecular weight excluding hydrogens is 212 g/mol. The molecular formula is C13H10N4. The second kappa shape index (κ2) is 4.17. The molecule has 0 saturated carbocycles. The van der Waals surface area contributed by atoms with Crippen molar-refractivity contribution in [1.82, 2.24) is 19.7 Å². The lowest BCUT2D eigenvalue weighted by Gasteiger charge is -2.05. The summed E-state index contributed by atoms with van der Waals surface area (Å²) >= 11 is 0. The summed E-state index contributed by atoms with van der Waals surface area (Å²) in [6.45, 7) is 0. The third kappa shape index (κ3) is 1.80. The SMILES string of the molecule is c1ccc(-n2cnnc2-c2cccnc2)cc1. The first-order chi connectivity index (χ1) is 8.45. The van der Waals surface area contributed by atoms with Gasteiger partial charge in [0.1, 0.15) is 6.33 Å². The predicted octanol–water partition coefficient (Wildman–Crippen LogP) is 2.33. The lowest BCUT2D eigenvalue weighted by atomic mass is 10.2. The van der Waals surface area contributed by atoms with Crippen molar-refractivity contribution in [3.05, 3.63) is 61.2 Å². The molecule has 1 aromatic carbocycles. The molecule has 2 heterocycles. The average Bonchev–Trinajstić information content (AvgIpc) is 2.90. The summed E-state index contributed by atoms with van der Waals surface area (Å²) in [5.74, 6) is 0.796. The topological polar surface area (TPSA) is 43.6 Å². The minimum Gasteiger partial charge on any atom is -0.282 e. The van der Waals surface area contributed by atoms with Crippen LogP contribution in [-0.2, 0) is 0 Å². The highest BCUT2D eigenvalue weighted by atomic mass is 15.3. The summed E-state index contributed by atoms with van der Waals surface area (Å²) in [6.07, 6.45) is 5.23. The van der Waals surface area contributed by atoms with Gasteiger partial charge in [0.05, 0.1) is 0 Å². The molecule has 17 heavy (non-hydrogen) atoms. The maximum absolute atomic E-state index is 4.14. The first-order valence-electron chi connectivity index (χ1n) is 5.31. The van der Waals surface area contributed by atoms with Gasteiger partial charge < -0.3 is 0 Å². The molecule has 0 amide bonds. The van der Waals surface area contributed by atoms with Crippen LogP contribution in [-0.4, -0.2) is 19.7 Å². The van der Waals surface area contributed by atoms with Crippen molar-refractivity contribution in [3.8, 4) is 17.1 Å². The predicted molar refractivity (Wildman–Crippen MR) is 64.6 cm³/mol. The number of nitrogens with zero attached hydrogens (tertiary/aromatic N) is 4. The maximum Gasteiger partial charge on any atom is 0.169 e. The van der Waals surface area contributed by atoms with Crippen molar-refractivity contribution in [2.24, 2.45) is 0 Å². The smallest absolute Gasteiger partial charge is 0.169 e. The fourth-order valence-corrected chi connectivity index (χ4v) is 1.70. The van der Waals surface area contributed by atoms with Crippen molar-refractivity contribution in [2.75, 3.05) is 0 Å². The fourth-order valence-electron chi connectivity index (χ4n) is 1.70. The molecule has 0 saturated heterocycles. The molecule has 0 aliphatic carbocycles. The van der Waals surface area contributed by atoms with E-state index in [9.17, 15) is 0 Å². The molecule has 0 fully saturated rings. The zero-order valence-corrected chi connectivity index (χ0v) is 9.06. The van der Waals surface area contributed by atoms with Crippen LogP contribution >= 0.6 is 0 Å². The van der Waals surface area contributed by atoms with E-state index in [0.717, 1.165) is 17.1 Å². The Bertz CT molecular complexity index is 548.